The Balaban J connectivity index is 1.50. The molecular formula is C32H52O2. The van der Waals surface area contributed by atoms with Crippen molar-refractivity contribution in [2.75, 3.05) is 0 Å². The van der Waals surface area contributed by atoms with Gasteiger partial charge >= 0.3 is 5.97 Å². The molecule has 0 bridgehead atoms. The van der Waals surface area contributed by atoms with E-state index in [0.717, 1.165) is 30.1 Å². The summed E-state index contributed by atoms with van der Waals surface area (Å²) in [6, 6.07) is 0. The number of hydrogen-bond acceptors (Lipinski definition) is 2. The number of fused-ring (bicyclic) bond motifs is 7. The van der Waals surface area contributed by atoms with Crippen LogP contribution in [0.4, 0.5) is 0 Å². The molecular weight excluding hydrogens is 416 g/mol. The minimum atomic E-state index is -0.107. The maximum atomic E-state index is 11.9. The van der Waals surface area contributed by atoms with Crippen LogP contribution in [0.2, 0.25) is 0 Å². The number of carbonyl (C=O) groups excluding carboxylic acids is 1. The summed E-state index contributed by atoms with van der Waals surface area (Å²) in [6.45, 7) is 23.9. The summed E-state index contributed by atoms with van der Waals surface area (Å²) in [6.07, 6.45) is 13.4. The molecule has 5 saturated carbocycles. The second-order valence-corrected chi connectivity index (χ2v) is 15.3. The zero-order valence-electron chi connectivity index (χ0n) is 23.6. The lowest BCUT2D eigenvalue weighted by Gasteiger charge is -2.73. The van der Waals surface area contributed by atoms with Crippen LogP contribution in [0.1, 0.15) is 120 Å². The van der Waals surface area contributed by atoms with Crippen molar-refractivity contribution in [2.24, 2.45) is 56.7 Å². The largest absolute Gasteiger partial charge is 0.462 e. The lowest BCUT2D eigenvalue weighted by Crippen LogP contribution is -2.66. The third-order valence-electron chi connectivity index (χ3n) is 13.7. The highest BCUT2D eigenvalue weighted by Crippen LogP contribution is 2.77. The number of rotatable bonds is 2. The quantitative estimate of drug-likeness (QED) is 0.299. The van der Waals surface area contributed by atoms with Gasteiger partial charge in [-0.1, -0.05) is 53.7 Å². The molecule has 5 aliphatic rings. The van der Waals surface area contributed by atoms with Crippen LogP contribution in [0.5, 0.6) is 0 Å². The highest BCUT2D eigenvalue weighted by Gasteiger charge is 2.70. The van der Waals surface area contributed by atoms with Crippen LogP contribution in [-0.2, 0) is 9.53 Å². The highest BCUT2D eigenvalue weighted by atomic mass is 16.5. The minimum Gasteiger partial charge on any atom is -0.462 e. The molecule has 10 atom stereocenters. The number of ether oxygens (including phenoxy) is 1. The Morgan fingerprint density at radius 2 is 1.47 bits per heavy atom. The summed E-state index contributed by atoms with van der Waals surface area (Å²) < 4.78 is 5.91. The van der Waals surface area contributed by atoms with Crippen LogP contribution in [0.15, 0.2) is 12.2 Å². The number of carbonyl (C=O) groups is 1. The summed E-state index contributed by atoms with van der Waals surface area (Å²) in [4.78, 5) is 11.9. The summed E-state index contributed by atoms with van der Waals surface area (Å²) in [7, 11) is 0. The van der Waals surface area contributed by atoms with E-state index in [2.05, 4.69) is 55.0 Å². The molecule has 0 amide bonds. The van der Waals surface area contributed by atoms with Crippen molar-refractivity contribution in [3.8, 4) is 0 Å². The molecule has 2 heteroatoms. The number of hydrogen-bond donors (Lipinski definition) is 0. The van der Waals surface area contributed by atoms with Gasteiger partial charge in [0.2, 0.25) is 0 Å². The average molecular weight is 469 g/mol. The molecule has 0 aliphatic heterocycles. The first-order valence-corrected chi connectivity index (χ1v) is 14.5. The van der Waals surface area contributed by atoms with Gasteiger partial charge < -0.3 is 4.74 Å². The normalized spacial score (nSPS) is 53.6. The number of esters is 1. The molecule has 34 heavy (non-hydrogen) atoms. The van der Waals surface area contributed by atoms with Crippen molar-refractivity contribution in [2.45, 2.75) is 126 Å². The first-order chi connectivity index (χ1) is 15.7. The summed E-state index contributed by atoms with van der Waals surface area (Å²) in [5, 5.41) is 0. The lowest BCUT2D eigenvalue weighted by molar-refractivity contribution is -0.248. The van der Waals surface area contributed by atoms with Crippen molar-refractivity contribution in [3.05, 3.63) is 12.2 Å². The first kappa shape index (κ1) is 24.9. The molecule has 0 spiro atoms. The van der Waals surface area contributed by atoms with Crippen molar-refractivity contribution in [1.82, 2.24) is 0 Å². The van der Waals surface area contributed by atoms with E-state index < -0.39 is 0 Å². The summed E-state index contributed by atoms with van der Waals surface area (Å²) in [5.41, 5.74) is 3.23. The Morgan fingerprint density at radius 3 is 2.12 bits per heavy atom. The van der Waals surface area contributed by atoms with E-state index in [-0.39, 0.29) is 17.5 Å². The summed E-state index contributed by atoms with van der Waals surface area (Å²) >= 11 is 0. The van der Waals surface area contributed by atoms with Crippen LogP contribution in [0.25, 0.3) is 0 Å². The Kier molecular flexibility index (Phi) is 5.57. The van der Waals surface area contributed by atoms with Crippen LogP contribution in [0, 0.1) is 56.7 Å². The fourth-order valence-corrected chi connectivity index (χ4v) is 11.9. The van der Waals surface area contributed by atoms with Gasteiger partial charge in [0, 0.05) is 12.3 Å². The molecule has 0 aromatic heterocycles. The van der Waals surface area contributed by atoms with Crippen LogP contribution in [-0.4, -0.2) is 12.1 Å². The van der Waals surface area contributed by atoms with Gasteiger partial charge in [0.1, 0.15) is 6.10 Å². The zero-order chi connectivity index (χ0) is 24.9. The van der Waals surface area contributed by atoms with Gasteiger partial charge in [0.05, 0.1) is 0 Å². The standard InChI is InChI=1S/C32H52O2/c1-20(2)22-12-15-29(6)18-19-31(8)23(27(22)29)10-11-25-30(7)16-14-26(34-21(3)33)28(4,5)24(30)13-17-32(25,31)9/h22-27H,1,10-19H2,2-9H3/t22-,23-,24+,25-,26+,27-,29-,30+,31-,32-/m1/s1. The Bertz CT molecular complexity index is 872. The fraction of sp³-hybridized carbons (Fsp3) is 0.906. The molecule has 2 nitrogen and oxygen atoms in total. The van der Waals surface area contributed by atoms with Gasteiger partial charge in [-0.2, -0.15) is 0 Å². The topological polar surface area (TPSA) is 26.3 Å². The van der Waals surface area contributed by atoms with Gasteiger partial charge in [0.25, 0.3) is 0 Å². The summed E-state index contributed by atoms with van der Waals surface area (Å²) in [5.74, 6) is 3.74. The maximum Gasteiger partial charge on any atom is 0.302 e. The fourth-order valence-electron chi connectivity index (χ4n) is 11.9. The first-order valence-electron chi connectivity index (χ1n) is 14.5. The Labute approximate surface area is 210 Å². The SMILES string of the molecule is C=C(C)[C@H]1CC[C@]2(C)CC[C@]3(C)[C@H](CC[C@@H]4[C@@]5(C)CC[C@H](OC(C)=O)C(C)(C)[C@@H]5CC[C@]43C)[C@@H]12. The second-order valence-electron chi connectivity index (χ2n) is 15.3. The van der Waals surface area contributed by atoms with E-state index in [1.165, 1.54) is 63.4 Å². The Hall–Kier alpha value is -0.790. The molecule has 0 aromatic carbocycles. The van der Waals surface area contributed by atoms with Crippen molar-refractivity contribution in [1.29, 1.82) is 0 Å². The molecule has 0 heterocycles. The van der Waals surface area contributed by atoms with Gasteiger partial charge in [-0.15, -0.1) is 0 Å². The molecule has 192 valence electrons. The maximum absolute atomic E-state index is 11.9. The molecule has 5 fully saturated rings. The molecule has 0 saturated heterocycles. The predicted molar refractivity (Wildman–Crippen MR) is 140 cm³/mol. The molecule has 5 aliphatic carbocycles. The molecule has 0 aromatic rings. The monoisotopic (exact) mass is 468 g/mol. The van der Waals surface area contributed by atoms with Crippen molar-refractivity contribution < 1.29 is 9.53 Å². The highest BCUT2D eigenvalue weighted by molar-refractivity contribution is 5.66. The minimum absolute atomic E-state index is 0.0550. The third-order valence-corrected chi connectivity index (χ3v) is 13.7. The second kappa shape index (κ2) is 7.61. The van der Waals surface area contributed by atoms with Gasteiger partial charge in [0.15, 0.2) is 0 Å². The van der Waals surface area contributed by atoms with E-state index in [1.54, 1.807) is 6.92 Å². The third kappa shape index (κ3) is 3.08. The van der Waals surface area contributed by atoms with Crippen molar-refractivity contribution >= 4 is 5.97 Å². The predicted octanol–water partition coefficient (Wildman–Crippen LogP) is 8.60. The van der Waals surface area contributed by atoms with E-state index >= 15 is 0 Å². The van der Waals surface area contributed by atoms with Crippen LogP contribution < -0.4 is 0 Å². The van der Waals surface area contributed by atoms with Gasteiger partial charge in [-0.05, 0) is 122 Å². The van der Waals surface area contributed by atoms with Crippen LogP contribution in [0.3, 0.4) is 0 Å². The van der Waals surface area contributed by atoms with E-state index in [4.69, 9.17) is 4.74 Å². The smallest absolute Gasteiger partial charge is 0.302 e. The zero-order valence-corrected chi connectivity index (χ0v) is 23.6. The molecule has 0 N–H and O–H groups in total. The molecule has 0 unspecified atom stereocenters. The lowest BCUT2D eigenvalue weighted by atomic mass is 9.32. The van der Waals surface area contributed by atoms with E-state index in [9.17, 15) is 4.79 Å². The van der Waals surface area contributed by atoms with Crippen LogP contribution >= 0.6 is 0 Å². The molecule has 5 rings (SSSR count). The van der Waals surface area contributed by atoms with Gasteiger partial charge in [-0.25, -0.2) is 0 Å². The van der Waals surface area contributed by atoms with E-state index in [1.807, 2.05) is 0 Å². The molecule has 0 radical (unpaired) electrons. The Morgan fingerprint density at radius 1 is 0.765 bits per heavy atom. The van der Waals surface area contributed by atoms with Gasteiger partial charge in [-0.3, -0.25) is 4.79 Å². The number of allylic oxidation sites excluding steroid dienone is 1. The van der Waals surface area contributed by atoms with Crippen molar-refractivity contribution in [3.63, 3.8) is 0 Å². The van der Waals surface area contributed by atoms with E-state index in [0.29, 0.717) is 27.6 Å². The average Bonchev–Trinajstić information content (AvgIpc) is 3.08.